The van der Waals surface area contributed by atoms with Crippen LogP contribution < -0.4 is 0 Å². The Morgan fingerprint density at radius 3 is 0.864 bits per heavy atom. The monoisotopic (exact) mass is 1300 g/mol. The van der Waals surface area contributed by atoms with Gasteiger partial charge in [0.25, 0.3) is 0 Å². The maximum absolute atomic E-state index is 13.0. The van der Waals surface area contributed by atoms with Gasteiger partial charge in [0.1, 0.15) is 19.3 Å². The van der Waals surface area contributed by atoms with Gasteiger partial charge in [-0.3, -0.25) is 37.3 Å². The van der Waals surface area contributed by atoms with E-state index in [9.17, 15) is 43.2 Å². The van der Waals surface area contributed by atoms with Crippen molar-refractivity contribution in [2.45, 2.75) is 368 Å². The van der Waals surface area contributed by atoms with E-state index in [0.717, 1.165) is 95.8 Å². The van der Waals surface area contributed by atoms with E-state index in [1.165, 1.54) is 167 Å². The molecule has 522 valence electrons. The SMILES string of the molecule is CCCCCCCCCCCCCCCCCCCCC(=O)O[C@H](COC(=O)CCCCCCCCCCC(C)CC)COP(=O)(O)OC[C@@H](O)COP(=O)(O)OC[C@@H](COC(=O)CCCCCCCCCCC)OC(=O)CCCCCCCCC(C)C. The van der Waals surface area contributed by atoms with E-state index in [-0.39, 0.29) is 25.7 Å². The second-order valence-electron chi connectivity index (χ2n) is 25.6. The summed E-state index contributed by atoms with van der Waals surface area (Å²) in [6.45, 7) is 9.43. The van der Waals surface area contributed by atoms with E-state index < -0.39 is 97.5 Å². The van der Waals surface area contributed by atoms with Crippen molar-refractivity contribution in [3.05, 3.63) is 0 Å². The molecule has 0 radical (unpaired) electrons. The largest absolute Gasteiger partial charge is 0.472 e. The van der Waals surface area contributed by atoms with Gasteiger partial charge in [-0.05, 0) is 37.5 Å². The minimum atomic E-state index is -4.95. The van der Waals surface area contributed by atoms with Crippen LogP contribution in [0.2, 0.25) is 0 Å². The number of carbonyl (C=O) groups excluding carboxylic acids is 4. The maximum atomic E-state index is 13.0. The third-order valence-corrected chi connectivity index (χ3v) is 18.2. The van der Waals surface area contributed by atoms with Gasteiger partial charge in [-0.1, -0.05) is 298 Å². The van der Waals surface area contributed by atoms with Crippen LogP contribution in [-0.4, -0.2) is 96.7 Å². The number of phosphoric acid groups is 2. The van der Waals surface area contributed by atoms with Crippen molar-refractivity contribution >= 4 is 39.5 Å². The van der Waals surface area contributed by atoms with Crippen LogP contribution in [0.15, 0.2) is 0 Å². The molecule has 17 nitrogen and oxygen atoms in total. The minimum absolute atomic E-state index is 0.102. The minimum Gasteiger partial charge on any atom is -0.462 e. The quantitative estimate of drug-likeness (QED) is 0.0222. The molecule has 3 N–H and O–H groups in total. The van der Waals surface area contributed by atoms with E-state index in [1.807, 2.05) is 0 Å². The summed E-state index contributed by atoms with van der Waals surface area (Å²) in [5.74, 6) is -0.685. The summed E-state index contributed by atoms with van der Waals surface area (Å²) in [7, 11) is -9.89. The van der Waals surface area contributed by atoms with Crippen molar-refractivity contribution in [2.24, 2.45) is 11.8 Å². The number of phosphoric ester groups is 2. The molecule has 3 unspecified atom stereocenters. The number of aliphatic hydroxyl groups is 1. The molecular formula is C69H134O17P2. The van der Waals surface area contributed by atoms with Crippen molar-refractivity contribution in [1.29, 1.82) is 0 Å². The van der Waals surface area contributed by atoms with Gasteiger partial charge in [0.15, 0.2) is 12.2 Å². The first-order valence-corrected chi connectivity index (χ1v) is 39.0. The lowest BCUT2D eigenvalue weighted by Gasteiger charge is -2.21. The van der Waals surface area contributed by atoms with E-state index in [1.54, 1.807) is 0 Å². The number of carbonyl (C=O) groups is 4. The molecule has 0 saturated heterocycles. The number of aliphatic hydroxyl groups excluding tert-OH is 1. The van der Waals surface area contributed by atoms with Crippen LogP contribution in [0, 0.1) is 11.8 Å². The molecule has 0 aliphatic carbocycles. The number of hydrogen-bond donors (Lipinski definition) is 3. The Morgan fingerprint density at radius 2 is 0.580 bits per heavy atom. The summed E-state index contributed by atoms with van der Waals surface area (Å²) in [5.41, 5.74) is 0. The zero-order valence-electron chi connectivity index (χ0n) is 57.0. The van der Waals surface area contributed by atoms with E-state index >= 15 is 0 Å². The van der Waals surface area contributed by atoms with Gasteiger partial charge in [0, 0.05) is 25.7 Å². The second kappa shape index (κ2) is 61.3. The number of unbranched alkanes of at least 4 members (excludes halogenated alkanes) is 37. The second-order valence-corrected chi connectivity index (χ2v) is 28.5. The highest BCUT2D eigenvalue weighted by molar-refractivity contribution is 7.47. The summed E-state index contributed by atoms with van der Waals surface area (Å²) in [6.07, 6.45) is 46.0. The van der Waals surface area contributed by atoms with Gasteiger partial charge in [0.05, 0.1) is 26.4 Å². The lowest BCUT2D eigenvalue weighted by Crippen LogP contribution is -2.30. The third kappa shape index (κ3) is 61.6. The Hall–Kier alpha value is -1.94. The highest BCUT2D eigenvalue weighted by atomic mass is 31.2. The fourth-order valence-electron chi connectivity index (χ4n) is 10.4. The summed E-state index contributed by atoms with van der Waals surface area (Å²) >= 11 is 0. The first kappa shape index (κ1) is 86.1. The van der Waals surface area contributed by atoms with Crippen LogP contribution in [0.3, 0.4) is 0 Å². The molecule has 0 aromatic carbocycles. The Kier molecular flexibility index (Phi) is 59.9. The highest BCUT2D eigenvalue weighted by Crippen LogP contribution is 2.45. The van der Waals surface area contributed by atoms with Gasteiger partial charge < -0.3 is 33.8 Å². The zero-order valence-corrected chi connectivity index (χ0v) is 58.8. The lowest BCUT2D eigenvalue weighted by molar-refractivity contribution is -0.161. The standard InChI is InChI=1S/C69H134O17P2/c1-7-10-12-14-16-18-19-20-21-22-23-24-25-26-28-34-41-47-53-68(73)85-64(57-80-67(72)52-46-40-33-30-29-31-38-44-50-62(6)9-3)59-83-87(75,76)81-55-63(70)56-82-88(77,78)84-60-65(86-69(74)54-48-42-36-35-37-43-49-61(4)5)58-79-66(71)51-45-39-32-27-17-15-13-11-8-2/h61-65,70H,7-60H2,1-6H3,(H,75,76)(H,77,78)/t62?,63-,64-,65-/m1/s1. The van der Waals surface area contributed by atoms with Crippen LogP contribution in [0.4, 0.5) is 0 Å². The summed E-state index contributed by atoms with van der Waals surface area (Å²) in [6, 6.07) is 0. The Labute approximate surface area is 537 Å². The van der Waals surface area contributed by atoms with Gasteiger partial charge in [-0.15, -0.1) is 0 Å². The molecule has 0 aliphatic heterocycles. The first-order valence-electron chi connectivity index (χ1n) is 36.0. The molecular weight excluding hydrogens is 1160 g/mol. The van der Waals surface area contributed by atoms with Crippen LogP contribution in [0.25, 0.3) is 0 Å². The van der Waals surface area contributed by atoms with Gasteiger partial charge in [-0.2, -0.15) is 0 Å². The lowest BCUT2D eigenvalue weighted by atomic mass is 9.99. The van der Waals surface area contributed by atoms with Crippen LogP contribution >= 0.6 is 15.6 Å². The van der Waals surface area contributed by atoms with Crippen molar-refractivity contribution in [1.82, 2.24) is 0 Å². The fraction of sp³-hybridized carbons (Fsp3) is 0.942. The van der Waals surface area contributed by atoms with Crippen LogP contribution in [0.1, 0.15) is 350 Å². The van der Waals surface area contributed by atoms with Crippen molar-refractivity contribution in [2.75, 3.05) is 39.6 Å². The molecule has 0 aliphatic rings. The highest BCUT2D eigenvalue weighted by Gasteiger charge is 2.30. The molecule has 0 aromatic rings. The first-order chi connectivity index (χ1) is 42.4. The van der Waals surface area contributed by atoms with Crippen LogP contribution in [-0.2, 0) is 65.4 Å². The molecule has 0 saturated carbocycles. The maximum Gasteiger partial charge on any atom is 0.472 e. The van der Waals surface area contributed by atoms with Crippen molar-refractivity contribution in [3.63, 3.8) is 0 Å². The predicted molar refractivity (Wildman–Crippen MR) is 354 cm³/mol. The molecule has 6 atom stereocenters. The molecule has 0 fully saturated rings. The van der Waals surface area contributed by atoms with Gasteiger partial charge in [-0.25, -0.2) is 9.13 Å². The average molecular weight is 1300 g/mol. The number of esters is 4. The zero-order chi connectivity index (χ0) is 65.0. The summed E-state index contributed by atoms with van der Waals surface area (Å²) in [5, 5.41) is 10.6. The number of hydrogen-bond acceptors (Lipinski definition) is 15. The molecule has 0 rings (SSSR count). The topological polar surface area (TPSA) is 237 Å². The smallest absolute Gasteiger partial charge is 0.462 e. The van der Waals surface area contributed by atoms with E-state index in [4.69, 9.17) is 37.0 Å². The van der Waals surface area contributed by atoms with Gasteiger partial charge >= 0.3 is 39.5 Å². The third-order valence-electron chi connectivity index (χ3n) is 16.3. The molecule has 0 amide bonds. The van der Waals surface area contributed by atoms with Gasteiger partial charge in [0.2, 0.25) is 0 Å². The normalized spacial score (nSPS) is 14.5. The van der Waals surface area contributed by atoms with Crippen LogP contribution in [0.5, 0.6) is 0 Å². The Morgan fingerprint density at radius 1 is 0.330 bits per heavy atom. The average Bonchev–Trinajstić information content (AvgIpc) is 3.71. The number of rotatable bonds is 68. The fourth-order valence-corrected chi connectivity index (χ4v) is 12.0. The molecule has 0 aromatic heterocycles. The molecule has 0 spiro atoms. The van der Waals surface area contributed by atoms with E-state index in [0.29, 0.717) is 31.6 Å². The molecule has 0 bridgehead atoms. The van der Waals surface area contributed by atoms with E-state index in [2.05, 4.69) is 41.5 Å². The van der Waals surface area contributed by atoms with Crippen molar-refractivity contribution in [3.8, 4) is 0 Å². The summed E-state index contributed by atoms with van der Waals surface area (Å²) in [4.78, 5) is 72.4. The molecule has 19 heteroatoms. The number of ether oxygens (including phenoxy) is 4. The Bertz CT molecular complexity index is 1720. The Balaban J connectivity index is 5.20. The predicted octanol–water partition coefficient (Wildman–Crippen LogP) is 19.6. The molecule has 88 heavy (non-hydrogen) atoms. The molecule has 0 heterocycles. The summed E-state index contributed by atoms with van der Waals surface area (Å²) < 4.78 is 68.1. The van der Waals surface area contributed by atoms with Crippen molar-refractivity contribution < 1.29 is 80.2 Å².